The van der Waals surface area contributed by atoms with E-state index in [1.54, 1.807) is 19.2 Å². The fourth-order valence-electron chi connectivity index (χ4n) is 4.35. The van der Waals surface area contributed by atoms with E-state index in [-0.39, 0.29) is 30.5 Å². The molecular weight excluding hydrogens is 450 g/mol. The quantitative estimate of drug-likeness (QED) is 0.481. The molecule has 178 valence electrons. The van der Waals surface area contributed by atoms with Crippen molar-refractivity contribution in [3.63, 3.8) is 0 Å². The van der Waals surface area contributed by atoms with Gasteiger partial charge < -0.3 is 10.0 Å². The van der Waals surface area contributed by atoms with Crippen molar-refractivity contribution in [1.29, 1.82) is 5.26 Å². The van der Waals surface area contributed by atoms with Gasteiger partial charge in [-0.3, -0.25) is 14.6 Å². The van der Waals surface area contributed by atoms with Crippen LogP contribution in [0.25, 0.3) is 5.57 Å². The van der Waals surface area contributed by atoms with Crippen LogP contribution in [0.3, 0.4) is 0 Å². The molecule has 6 nitrogen and oxygen atoms in total. The van der Waals surface area contributed by atoms with E-state index in [2.05, 4.69) is 22.0 Å². The number of likely N-dealkylation sites (tertiary alicyclic amines) is 1. The zero-order chi connectivity index (χ0) is 24.5. The summed E-state index contributed by atoms with van der Waals surface area (Å²) in [7, 11) is 0. The van der Waals surface area contributed by atoms with E-state index in [0.29, 0.717) is 16.7 Å². The van der Waals surface area contributed by atoms with Crippen molar-refractivity contribution in [1.82, 2.24) is 9.88 Å². The highest BCUT2D eigenvalue weighted by Crippen LogP contribution is 2.27. The van der Waals surface area contributed by atoms with Gasteiger partial charge in [0, 0.05) is 47.9 Å². The predicted octanol–water partition coefficient (Wildman–Crippen LogP) is 5.01. The Morgan fingerprint density at radius 2 is 2.03 bits per heavy atom. The zero-order valence-corrected chi connectivity index (χ0v) is 20.2. The number of carbonyl (C=O) groups is 2. The molecule has 0 spiro atoms. The molecule has 0 bridgehead atoms. The van der Waals surface area contributed by atoms with Gasteiger partial charge in [0.2, 0.25) is 0 Å². The first kappa shape index (κ1) is 25.6. The van der Waals surface area contributed by atoms with Crippen molar-refractivity contribution in [2.24, 2.45) is 11.8 Å². The lowest BCUT2D eigenvalue weighted by Crippen LogP contribution is -2.34. The van der Waals surface area contributed by atoms with Gasteiger partial charge in [0.25, 0.3) is 0 Å². The molecular formula is C27H30ClN3O3. The van der Waals surface area contributed by atoms with Crippen LogP contribution in [0.5, 0.6) is 0 Å². The second-order valence-electron chi connectivity index (χ2n) is 9.04. The molecule has 0 unspecified atom stereocenters. The average Bonchev–Trinajstić information content (AvgIpc) is 2.81. The number of Topliss-reactive ketones (excluding diaryl/α,β-unsaturated/α-hetero) is 1. The lowest BCUT2D eigenvalue weighted by molar-refractivity contribution is -0.138. The highest BCUT2D eigenvalue weighted by molar-refractivity contribution is 6.30. The Hall–Kier alpha value is -3.01. The third-order valence-electron chi connectivity index (χ3n) is 6.18. The van der Waals surface area contributed by atoms with Gasteiger partial charge in [-0.05, 0) is 68.0 Å². The summed E-state index contributed by atoms with van der Waals surface area (Å²) in [6, 6.07) is 11.7. The maximum Gasteiger partial charge on any atom is 0.303 e. The van der Waals surface area contributed by atoms with Crippen LogP contribution in [0.2, 0.25) is 5.02 Å². The fourth-order valence-corrected chi connectivity index (χ4v) is 4.57. The van der Waals surface area contributed by atoms with E-state index >= 15 is 0 Å². The molecule has 0 amide bonds. The van der Waals surface area contributed by atoms with Gasteiger partial charge in [-0.1, -0.05) is 36.7 Å². The van der Waals surface area contributed by atoms with Crippen LogP contribution in [0.1, 0.15) is 49.3 Å². The summed E-state index contributed by atoms with van der Waals surface area (Å²) in [4.78, 5) is 30.8. The Labute approximate surface area is 205 Å². The number of ketones is 1. The Morgan fingerprint density at radius 1 is 1.26 bits per heavy atom. The first-order chi connectivity index (χ1) is 16.3. The van der Waals surface area contributed by atoms with E-state index in [9.17, 15) is 14.9 Å². The maximum absolute atomic E-state index is 13.2. The summed E-state index contributed by atoms with van der Waals surface area (Å²) < 4.78 is 0. The van der Waals surface area contributed by atoms with Crippen LogP contribution < -0.4 is 0 Å². The van der Waals surface area contributed by atoms with Crippen molar-refractivity contribution in [3.05, 3.63) is 70.5 Å². The number of aromatic nitrogens is 1. The van der Waals surface area contributed by atoms with Crippen LogP contribution in [0, 0.1) is 23.2 Å². The van der Waals surface area contributed by atoms with E-state index in [0.717, 1.165) is 43.9 Å². The molecule has 0 radical (unpaired) electrons. The first-order valence-electron chi connectivity index (χ1n) is 11.6. The lowest BCUT2D eigenvalue weighted by atomic mass is 9.88. The molecule has 1 saturated heterocycles. The van der Waals surface area contributed by atoms with Gasteiger partial charge in [-0.25, -0.2) is 0 Å². The number of carboxylic acid groups (broad SMARTS) is 1. The average molecular weight is 480 g/mol. The summed E-state index contributed by atoms with van der Waals surface area (Å²) in [5.74, 6) is -1.05. The molecule has 1 aliphatic rings. The topological polar surface area (TPSA) is 94.3 Å². The minimum absolute atomic E-state index is 0.0550. The molecule has 34 heavy (non-hydrogen) atoms. The Kier molecular flexibility index (Phi) is 9.38. The normalized spacial score (nSPS) is 16.1. The number of allylic oxidation sites excluding steroid dienone is 2. The summed E-state index contributed by atoms with van der Waals surface area (Å²) >= 11 is 6.09. The van der Waals surface area contributed by atoms with Gasteiger partial charge >= 0.3 is 5.97 Å². The van der Waals surface area contributed by atoms with E-state index < -0.39 is 5.97 Å². The van der Waals surface area contributed by atoms with Gasteiger partial charge in [0.05, 0.1) is 5.56 Å². The molecule has 0 saturated carbocycles. The number of carbonyl (C=O) groups excluding carboxylic acids is 1. The number of carboxylic acids is 1. The number of benzene rings is 1. The Morgan fingerprint density at radius 3 is 2.71 bits per heavy atom. The SMILES string of the molecule is C[C@H](CC(=O)O)CC(=O)C(=CC1CCN(CCc2cccc(Cl)c2)CC1)c1cncc(C#N)c1. The number of nitrogens with zero attached hydrogens (tertiary/aromatic N) is 3. The van der Waals surface area contributed by atoms with Gasteiger partial charge in [0.1, 0.15) is 6.07 Å². The van der Waals surface area contributed by atoms with Gasteiger partial charge in [-0.15, -0.1) is 0 Å². The number of halogens is 1. The molecule has 1 atom stereocenters. The molecule has 1 aromatic carbocycles. The fraction of sp³-hybridized carbons (Fsp3) is 0.407. The van der Waals surface area contributed by atoms with Gasteiger partial charge in [0.15, 0.2) is 5.78 Å². The van der Waals surface area contributed by atoms with Crippen molar-refractivity contribution in [2.75, 3.05) is 19.6 Å². The van der Waals surface area contributed by atoms with Crippen molar-refractivity contribution < 1.29 is 14.7 Å². The maximum atomic E-state index is 13.2. The Balaban J connectivity index is 1.67. The molecule has 1 aromatic heterocycles. The molecule has 2 aromatic rings. The standard InChI is InChI=1S/C27H30ClN3O3/c1-19(12-27(33)34)11-26(32)25(23-13-22(16-29)17-30-18-23)15-21-6-9-31(10-7-21)8-5-20-3-2-4-24(28)14-20/h2-4,13-15,17-19,21H,5-12H2,1H3,(H,33,34)/t19-/m0/s1. The molecule has 1 N–H and O–H groups in total. The minimum atomic E-state index is -0.913. The molecule has 3 rings (SSSR count). The van der Waals surface area contributed by atoms with Crippen LogP contribution in [0.15, 0.2) is 48.8 Å². The monoisotopic (exact) mass is 479 g/mol. The number of nitriles is 1. The molecule has 7 heteroatoms. The number of rotatable bonds is 10. The van der Waals surface area contributed by atoms with Crippen molar-refractivity contribution in [3.8, 4) is 6.07 Å². The second-order valence-corrected chi connectivity index (χ2v) is 9.48. The van der Waals surface area contributed by atoms with Crippen molar-refractivity contribution >= 4 is 28.9 Å². The van der Waals surface area contributed by atoms with Crippen molar-refractivity contribution in [2.45, 2.75) is 39.0 Å². The summed E-state index contributed by atoms with van der Waals surface area (Å²) in [6.07, 6.45) is 7.99. The van der Waals surface area contributed by atoms with Crippen LogP contribution in [-0.4, -0.2) is 46.4 Å². The number of hydrogen-bond donors (Lipinski definition) is 1. The number of aliphatic carboxylic acids is 1. The lowest BCUT2D eigenvalue weighted by Gasteiger charge is -2.31. The van der Waals surface area contributed by atoms with Gasteiger partial charge in [-0.2, -0.15) is 5.26 Å². The van der Waals surface area contributed by atoms with E-state index in [1.807, 2.05) is 24.3 Å². The number of hydrogen-bond acceptors (Lipinski definition) is 5. The van der Waals surface area contributed by atoms with Crippen LogP contribution in [-0.2, 0) is 16.0 Å². The van der Waals surface area contributed by atoms with Crippen LogP contribution >= 0.6 is 11.6 Å². The highest BCUT2D eigenvalue weighted by atomic mass is 35.5. The molecule has 2 heterocycles. The molecule has 1 aliphatic heterocycles. The number of pyridine rings is 1. The largest absolute Gasteiger partial charge is 0.481 e. The molecule has 1 fully saturated rings. The van der Waals surface area contributed by atoms with Crippen LogP contribution in [0.4, 0.5) is 0 Å². The minimum Gasteiger partial charge on any atom is -0.481 e. The summed E-state index contributed by atoms with van der Waals surface area (Å²) in [5.41, 5.74) is 2.78. The van der Waals surface area contributed by atoms with E-state index in [1.165, 1.54) is 11.8 Å². The zero-order valence-electron chi connectivity index (χ0n) is 19.4. The number of piperidine rings is 1. The first-order valence-corrected chi connectivity index (χ1v) is 12.0. The third kappa shape index (κ3) is 7.79. The second kappa shape index (κ2) is 12.5. The summed E-state index contributed by atoms with van der Waals surface area (Å²) in [6.45, 7) is 4.61. The predicted molar refractivity (Wildman–Crippen MR) is 132 cm³/mol. The smallest absolute Gasteiger partial charge is 0.303 e. The third-order valence-corrected chi connectivity index (χ3v) is 6.41. The summed E-state index contributed by atoms with van der Waals surface area (Å²) in [5, 5.41) is 19.1. The molecule has 0 aliphatic carbocycles. The highest BCUT2D eigenvalue weighted by Gasteiger charge is 2.22. The Bertz CT molecular complexity index is 1080. The van der Waals surface area contributed by atoms with E-state index in [4.69, 9.17) is 16.7 Å².